The average Bonchev–Trinajstić information content (AvgIpc) is 2.59. The van der Waals surface area contributed by atoms with Crippen molar-refractivity contribution in [1.29, 1.82) is 0 Å². The summed E-state index contributed by atoms with van der Waals surface area (Å²) in [6.45, 7) is 4.07. The minimum atomic E-state index is -0.279. The van der Waals surface area contributed by atoms with Crippen molar-refractivity contribution in [3.8, 4) is 0 Å². The molecule has 5 heteroatoms. The number of carbonyl (C=O) groups excluding carboxylic acids is 1. The molecular weight excluding hydrogens is 206 g/mol. The molecule has 2 rings (SSSR count). The molecule has 0 saturated heterocycles. The maximum absolute atomic E-state index is 11.3. The molecule has 0 aromatic carbocycles. The van der Waals surface area contributed by atoms with Crippen molar-refractivity contribution < 1.29 is 9.53 Å². The second-order valence-electron chi connectivity index (χ2n) is 3.49. The number of nitrogens with zero attached hydrogens (tertiary/aromatic N) is 2. The van der Waals surface area contributed by atoms with E-state index in [1.54, 1.807) is 6.92 Å². The van der Waals surface area contributed by atoms with Gasteiger partial charge >= 0.3 is 5.97 Å². The van der Waals surface area contributed by atoms with Crippen LogP contribution in [0.3, 0.4) is 0 Å². The molecule has 0 aliphatic rings. The SMILES string of the molecule is CCOC(=O)Cc1nc2nc(C)ccc2[nH]1. The molecule has 5 nitrogen and oxygen atoms in total. The van der Waals surface area contributed by atoms with Gasteiger partial charge in [0, 0.05) is 5.69 Å². The van der Waals surface area contributed by atoms with E-state index in [0.717, 1.165) is 11.2 Å². The fraction of sp³-hybridized carbons (Fsp3) is 0.364. The first-order chi connectivity index (χ1) is 7.69. The summed E-state index contributed by atoms with van der Waals surface area (Å²) in [4.78, 5) is 22.8. The number of aromatic nitrogens is 3. The highest BCUT2D eigenvalue weighted by Crippen LogP contribution is 2.10. The molecule has 0 unspecified atom stereocenters. The Kier molecular flexibility index (Phi) is 2.85. The molecule has 0 spiro atoms. The van der Waals surface area contributed by atoms with Crippen LogP contribution in [0.2, 0.25) is 0 Å². The number of rotatable bonds is 3. The van der Waals surface area contributed by atoms with Crippen molar-refractivity contribution >= 4 is 17.1 Å². The Morgan fingerprint density at radius 2 is 2.25 bits per heavy atom. The molecule has 2 heterocycles. The van der Waals surface area contributed by atoms with Crippen molar-refractivity contribution in [3.63, 3.8) is 0 Å². The summed E-state index contributed by atoms with van der Waals surface area (Å²) in [5.74, 6) is 0.310. The van der Waals surface area contributed by atoms with Crippen LogP contribution in [0, 0.1) is 6.92 Å². The number of pyridine rings is 1. The van der Waals surface area contributed by atoms with Gasteiger partial charge in [-0.3, -0.25) is 4.79 Å². The number of carbonyl (C=O) groups is 1. The number of ether oxygens (including phenoxy) is 1. The first-order valence-corrected chi connectivity index (χ1v) is 5.17. The molecule has 2 aromatic heterocycles. The second-order valence-corrected chi connectivity index (χ2v) is 3.49. The molecule has 0 atom stereocenters. The highest BCUT2D eigenvalue weighted by atomic mass is 16.5. The largest absolute Gasteiger partial charge is 0.466 e. The Hall–Kier alpha value is -1.91. The lowest BCUT2D eigenvalue weighted by Crippen LogP contribution is -2.08. The zero-order valence-electron chi connectivity index (χ0n) is 9.28. The van der Waals surface area contributed by atoms with Crippen molar-refractivity contribution in [2.75, 3.05) is 6.61 Å². The van der Waals surface area contributed by atoms with Gasteiger partial charge in [-0.1, -0.05) is 0 Å². The van der Waals surface area contributed by atoms with E-state index in [2.05, 4.69) is 15.0 Å². The molecule has 0 saturated carbocycles. The molecule has 0 bridgehead atoms. The fourth-order valence-corrected chi connectivity index (χ4v) is 1.47. The molecule has 16 heavy (non-hydrogen) atoms. The van der Waals surface area contributed by atoms with E-state index in [9.17, 15) is 4.79 Å². The average molecular weight is 219 g/mol. The highest BCUT2D eigenvalue weighted by Gasteiger charge is 2.09. The smallest absolute Gasteiger partial charge is 0.313 e. The molecule has 84 valence electrons. The number of fused-ring (bicyclic) bond motifs is 1. The molecule has 0 aliphatic heterocycles. The Balaban J connectivity index is 2.23. The van der Waals surface area contributed by atoms with Crippen molar-refractivity contribution in [3.05, 3.63) is 23.7 Å². The molecule has 0 aliphatic carbocycles. The van der Waals surface area contributed by atoms with Crippen molar-refractivity contribution in [2.24, 2.45) is 0 Å². The summed E-state index contributed by atoms with van der Waals surface area (Å²) in [5.41, 5.74) is 2.38. The van der Waals surface area contributed by atoms with Crippen LogP contribution < -0.4 is 0 Å². The molecule has 1 N–H and O–H groups in total. The predicted octanol–water partition coefficient (Wildman–Crippen LogP) is 1.37. The third-order valence-electron chi connectivity index (χ3n) is 2.15. The Morgan fingerprint density at radius 3 is 3.00 bits per heavy atom. The van der Waals surface area contributed by atoms with Crippen LogP contribution in [0.25, 0.3) is 11.2 Å². The molecule has 0 fully saturated rings. The summed E-state index contributed by atoms with van der Waals surface area (Å²) >= 11 is 0. The number of imidazole rings is 1. The third-order valence-corrected chi connectivity index (χ3v) is 2.15. The van der Waals surface area contributed by atoms with Gasteiger partial charge in [0.05, 0.1) is 12.1 Å². The molecule has 0 radical (unpaired) electrons. The lowest BCUT2D eigenvalue weighted by Gasteiger charge is -1.97. The van der Waals surface area contributed by atoms with Gasteiger partial charge in [0.15, 0.2) is 5.65 Å². The lowest BCUT2D eigenvalue weighted by molar-refractivity contribution is -0.142. The van der Waals surface area contributed by atoms with Gasteiger partial charge in [0.1, 0.15) is 12.2 Å². The van der Waals surface area contributed by atoms with Gasteiger partial charge in [0.2, 0.25) is 0 Å². The van der Waals surface area contributed by atoms with Gasteiger partial charge in [-0.25, -0.2) is 9.97 Å². The van der Waals surface area contributed by atoms with E-state index in [-0.39, 0.29) is 12.4 Å². The third kappa shape index (κ3) is 2.18. The van der Waals surface area contributed by atoms with Crippen LogP contribution in [0.1, 0.15) is 18.4 Å². The number of esters is 1. The van der Waals surface area contributed by atoms with Gasteiger partial charge in [-0.2, -0.15) is 0 Å². The highest BCUT2D eigenvalue weighted by molar-refractivity contribution is 5.75. The van der Waals surface area contributed by atoms with Crippen LogP contribution in [-0.2, 0) is 16.0 Å². The number of aryl methyl sites for hydroxylation is 1. The zero-order valence-corrected chi connectivity index (χ0v) is 9.28. The van der Waals surface area contributed by atoms with E-state index < -0.39 is 0 Å². The first kappa shape index (κ1) is 10.6. The summed E-state index contributed by atoms with van der Waals surface area (Å²) in [6, 6.07) is 3.80. The van der Waals surface area contributed by atoms with E-state index in [1.165, 1.54) is 0 Å². The van der Waals surface area contributed by atoms with Gasteiger partial charge in [-0.05, 0) is 26.0 Å². The molecule has 2 aromatic rings. The van der Waals surface area contributed by atoms with Gasteiger partial charge in [-0.15, -0.1) is 0 Å². The summed E-state index contributed by atoms with van der Waals surface area (Å²) in [5, 5.41) is 0. The first-order valence-electron chi connectivity index (χ1n) is 5.17. The quantitative estimate of drug-likeness (QED) is 0.792. The summed E-state index contributed by atoms with van der Waals surface area (Å²) in [6.07, 6.45) is 0.156. The lowest BCUT2D eigenvalue weighted by atomic mass is 10.3. The summed E-state index contributed by atoms with van der Waals surface area (Å²) in [7, 11) is 0. The van der Waals surface area contributed by atoms with Crippen LogP contribution in [0.15, 0.2) is 12.1 Å². The normalized spacial score (nSPS) is 10.6. The number of aromatic amines is 1. The van der Waals surface area contributed by atoms with E-state index in [1.807, 2.05) is 19.1 Å². The summed E-state index contributed by atoms with van der Waals surface area (Å²) < 4.78 is 4.85. The van der Waals surface area contributed by atoms with Crippen LogP contribution in [-0.4, -0.2) is 27.5 Å². The maximum atomic E-state index is 11.3. The zero-order chi connectivity index (χ0) is 11.5. The van der Waals surface area contributed by atoms with Gasteiger partial charge < -0.3 is 9.72 Å². The van der Waals surface area contributed by atoms with Crippen molar-refractivity contribution in [2.45, 2.75) is 20.3 Å². The number of H-pyrrole nitrogens is 1. The molecular formula is C11H13N3O2. The van der Waals surface area contributed by atoms with Crippen LogP contribution >= 0.6 is 0 Å². The van der Waals surface area contributed by atoms with Crippen molar-refractivity contribution in [1.82, 2.24) is 15.0 Å². The Labute approximate surface area is 92.9 Å². The van der Waals surface area contributed by atoms with E-state index >= 15 is 0 Å². The van der Waals surface area contributed by atoms with Gasteiger partial charge in [0.25, 0.3) is 0 Å². The number of hydrogen-bond donors (Lipinski definition) is 1. The minimum Gasteiger partial charge on any atom is -0.466 e. The number of hydrogen-bond acceptors (Lipinski definition) is 4. The van der Waals surface area contributed by atoms with Crippen LogP contribution in [0.4, 0.5) is 0 Å². The predicted molar refractivity (Wildman–Crippen MR) is 59.0 cm³/mol. The standard InChI is InChI=1S/C11H13N3O2/c1-3-16-10(15)6-9-13-8-5-4-7(2)12-11(8)14-9/h4-5H,3,6H2,1-2H3,(H,12,13,14). The van der Waals surface area contributed by atoms with Crippen LogP contribution in [0.5, 0.6) is 0 Å². The number of nitrogens with one attached hydrogen (secondary N) is 1. The monoisotopic (exact) mass is 219 g/mol. The Bertz CT molecular complexity index is 519. The Morgan fingerprint density at radius 1 is 1.44 bits per heavy atom. The van der Waals surface area contributed by atoms with E-state index in [4.69, 9.17) is 4.74 Å². The molecule has 0 amide bonds. The maximum Gasteiger partial charge on any atom is 0.313 e. The topological polar surface area (TPSA) is 67.9 Å². The minimum absolute atomic E-state index is 0.156. The second kappa shape index (κ2) is 4.30. The fourth-order valence-electron chi connectivity index (χ4n) is 1.47. The van der Waals surface area contributed by atoms with E-state index in [0.29, 0.717) is 18.1 Å².